The van der Waals surface area contributed by atoms with E-state index in [1.165, 1.54) is 13.0 Å². The van der Waals surface area contributed by atoms with Crippen molar-refractivity contribution in [3.05, 3.63) is 60.0 Å². The molecule has 0 saturated carbocycles. The number of carbonyl (C=O) groups excluding carboxylic acids is 1. The van der Waals surface area contributed by atoms with Gasteiger partial charge in [0, 0.05) is 44.5 Å². The molecule has 4 aromatic heterocycles. The quantitative estimate of drug-likeness (QED) is 0.426. The summed E-state index contributed by atoms with van der Waals surface area (Å²) in [6.45, 7) is 5.12. The summed E-state index contributed by atoms with van der Waals surface area (Å²) in [6.07, 6.45) is 0.618. The lowest BCUT2D eigenvalue weighted by atomic mass is 10.0. The third kappa shape index (κ3) is 4.89. The number of aromatic nitrogens is 4. The van der Waals surface area contributed by atoms with E-state index < -0.39 is 6.43 Å². The van der Waals surface area contributed by atoms with Crippen molar-refractivity contribution >= 4 is 22.8 Å². The summed E-state index contributed by atoms with van der Waals surface area (Å²) in [7, 11) is 0. The number of pyridine rings is 3. The van der Waals surface area contributed by atoms with Crippen LogP contribution in [0.3, 0.4) is 0 Å². The van der Waals surface area contributed by atoms with E-state index in [2.05, 4.69) is 30.2 Å². The van der Waals surface area contributed by atoms with Gasteiger partial charge in [-0.3, -0.25) is 14.7 Å². The molecule has 1 saturated heterocycles. The fourth-order valence-corrected chi connectivity index (χ4v) is 4.28. The molecule has 1 aliphatic rings. The van der Waals surface area contributed by atoms with E-state index in [0.717, 1.165) is 29.7 Å². The Hall–Kier alpha value is -3.76. The fourth-order valence-electron chi connectivity index (χ4n) is 4.28. The smallest absolute Gasteiger partial charge is 0.280 e. The Morgan fingerprint density at radius 3 is 2.74 bits per heavy atom. The highest BCUT2D eigenvalue weighted by atomic mass is 19.3. The van der Waals surface area contributed by atoms with Crippen LogP contribution in [0.2, 0.25) is 0 Å². The Kier molecular flexibility index (Phi) is 6.47. The van der Waals surface area contributed by atoms with Gasteiger partial charge in [-0.15, -0.1) is 0 Å². The summed E-state index contributed by atoms with van der Waals surface area (Å²) in [5, 5.41) is 2.68. The van der Waals surface area contributed by atoms with Crippen LogP contribution < -0.4 is 5.32 Å². The van der Waals surface area contributed by atoms with Gasteiger partial charge in [-0.1, -0.05) is 6.07 Å². The van der Waals surface area contributed by atoms with Gasteiger partial charge in [0.2, 0.25) is 5.91 Å². The summed E-state index contributed by atoms with van der Waals surface area (Å²) >= 11 is 0. The monoisotopic (exact) mass is 478 g/mol. The van der Waals surface area contributed by atoms with Crippen molar-refractivity contribution in [2.75, 3.05) is 31.6 Å². The number of nitrogens with zero attached hydrogens (tertiary/aromatic N) is 4. The van der Waals surface area contributed by atoms with Gasteiger partial charge in [0.1, 0.15) is 11.5 Å². The van der Waals surface area contributed by atoms with Gasteiger partial charge in [-0.2, -0.15) is 0 Å². The average Bonchev–Trinajstić information content (AvgIpc) is 3.25. The highest BCUT2D eigenvalue weighted by molar-refractivity contribution is 6.02. The SMILES string of the molecule is CC(=O)Nc1cc(-c2[nH]c3c(CN4CCOCC4)ccnc3c2-c2cccc(C(F)F)n2)ccn1. The molecule has 4 aromatic rings. The van der Waals surface area contributed by atoms with Crippen molar-refractivity contribution in [3.63, 3.8) is 0 Å². The van der Waals surface area contributed by atoms with Gasteiger partial charge in [0.15, 0.2) is 0 Å². The lowest BCUT2D eigenvalue weighted by molar-refractivity contribution is -0.114. The molecule has 5 heterocycles. The van der Waals surface area contributed by atoms with Crippen LogP contribution in [-0.2, 0) is 16.1 Å². The van der Waals surface area contributed by atoms with Crippen LogP contribution in [0, 0.1) is 0 Å². The second-order valence-electron chi connectivity index (χ2n) is 8.32. The van der Waals surface area contributed by atoms with Crippen molar-refractivity contribution in [2.24, 2.45) is 0 Å². The molecule has 0 aromatic carbocycles. The standard InChI is InChI=1S/C25H24F2N6O2/c1-15(34)30-20-13-16(5-7-28-20)22-21(18-3-2-4-19(31-18)25(26)27)24-23(32-22)17(6-8-29-24)14-33-9-11-35-12-10-33/h2-8,13,25,32H,9-12,14H2,1H3,(H,28,30,34). The maximum absolute atomic E-state index is 13.5. The normalized spacial score (nSPS) is 14.5. The van der Waals surface area contributed by atoms with Gasteiger partial charge in [0.25, 0.3) is 6.43 Å². The summed E-state index contributed by atoms with van der Waals surface area (Å²) in [5.74, 6) is 0.141. The maximum Gasteiger partial charge on any atom is 0.280 e. The molecule has 10 heteroatoms. The summed E-state index contributed by atoms with van der Waals surface area (Å²) < 4.78 is 32.4. The van der Waals surface area contributed by atoms with E-state index >= 15 is 0 Å². The molecular weight excluding hydrogens is 454 g/mol. The molecule has 1 fully saturated rings. The van der Waals surface area contributed by atoms with E-state index in [0.29, 0.717) is 48.0 Å². The highest BCUT2D eigenvalue weighted by Gasteiger charge is 2.22. The number of nitrogens with one attached hydrogen (secondary N) is 2. The molecule has 8 nitrogen and oxygen atoms in total. The van der Waals surface area contributed by atoms with Crippen molar-refractivity contribution in [1.29, 1.82) is 0 Å². The molecule has 2 N–H and O–H groups in total. The van der Waals surface area contributed by atoms with E-state index in [9.17, 15) is 13.6 Å². The predicted octanol–water partition coefficient (Wildman–Crippen LogP) is 4.42. The number of aromatic amines is 1. The van der Waals surface area contributed by atoms with E-state index in [4.69, 9.17) is 4.74 Å². The van der Waals surface area contributed by atoms with Crippen LogP contribution in [-0.4, -0.2) is 57.0 Å². The second kappa shape index (κ2) is 9.85. The molecule has 0 radical (unpaired) electrons. The van der Waals surface area contributed by atoms with Crippen LogP contribution >= 0.6 is 0 Å². The van der Waals surface area contributed by atoms with Gasteiger partial charge < -0.3 is 15.0 Å². The number of anilines is 1. The minimum Gasteiger partial charge on any atom is -0.379 e. The van der Waals surface area contributed by atoms with Gasteiger partial charge in [0.05, 0.1) is 41.2 Å². The van der Waals surface area contributed by atoms with Gasteiger partial charge >= 0.3 is 0 Å². The molecule has 0 aliphatic carbocycles. The maximum atomic E-state index is 13.5. The molecule has 180 valence electrons. The number of morpholine rings is 1. The number of carbonyl (C=O) groups is 1. The Bertz CT molecular complexity index is 1370. The summed E-state index contributed by atoms with van der Waals surface area (Å²) in [4.78, 5) is 30.4. The Morgan fingerprint density at radius 1 is 1.17 bits per heavy atom. The first-order valence-electron chi connectivity index (χ1n) is 11.3. The number of H-pyrrole nitrogens is 1. The van der Waals surface area contributed by atoms with Crippen LogP contribution in [0.4, 0.5) is 14.6 Å². The number of hydrogen-bond donors (Lipinski definition) is 2. The second-order valence-corrected chi connectivity index (χ2v) is 8.32. The number of halogens is 2. The van der Waals surface area contributed by atoms with Gasteiger partial charge in [-0.05, 0) is 35.9 Å². The number of amides is 1. The molecule has 0 unspecified atom stereocenters. The van der Waals surface area contributed by atoms with Crippen LogP contribution in [0.1, 0.15) is 24.6 Å². The van der Waals surface area contributed by atoms with Crippen LogP contribution in [0.15, 0.2) is 48.8 Å². The molecule has 35 heavy (non-hydrogen) atoms. The van der Waals surface area contributed by atoms with E-state index in [1.54, 1.807) is 36.7 Å². The molecule has 0 bridgehead atoms. The molecule has 5 rings (SSSR count). The molecular formula is C25H24F2N6O2. The van der Waals surface area contributed by atoms with Crippen LogP contribution in [0.5, 0.6) is 0 Å². The Morgan fingerprint density at radius 2 is 1.97 bits per heavy atom. The summed E-state index contributed by atoms with van der Waals surface area (Å²) in [6, 6.07) is 10.1. The predicted molar refractivity (Wildman–Crippen MR) is 128 cm³/mol. The average molecular weight is 479 g/mol. The number of hydrogen-bond acceptors (Lipinski definition) is 6. The van der Waals surface area contributed by atoms with E-state index in [-0.39, 0.29) is 11.6 Å². The lowest BCUT2D eigenvalue weighted by Crippen LogP contribution is -2.35. The number of ether oxygens (including phenoxy) is 1. The minimum absolute atomic E-state index is 0.243. The largest absolute Gasteiger partial charge is 0.379 e. The zero-order valence-corrected chi connectivity index (χ0v) is 19.1. The Labute approximate surface area is 200 Å². The number of alkyl halides is 2. The fraction of sp³-hybridized carbons (Fsp3) is 0.280. The molecule has 0 atom stereocenters. The third-order valence-corrected chi connectivity index (χ3v) is 5.87. The zero-order valence-electron chi connectivity index (χ0n) is 19.1. The molecule has 1 amide bonds. The number of rotatable bonds is 6. The summed E-state index contributed by atoms with van der Waals surface area (Å²) in [5.41, 5.74) is 4.57. The first kappa shape index (κ1) is 23.0. The van der Waals surface area contributed by atoms with Crippen LogP contribution in [0.25, 0.3) is 33.5 Å². The lowest BCUT2D eigenvalue weighted by Gasteiger charge is -2.26. The third-order valence-electron chi connectivity index (χ3n) is 5.87. The highest BCUT2D eigenvalue weighted by Crippen LogP contribution is 2.38. The molecule has 1 aliphatic heterocycles. The van der Waals surface area contributed by atoms with Gasteiger partial charge in [-0.25, -0.2) is 18.7 Å². The Balaban J connectivity index is 1.69. The van der Waals surface area contributed by atoms with Crippen molar-refractivity contribution in [2.45, 2.75) is 19.9 Å². The number of fused-ring (bicyclic) bond motifs is 1. The zero-order chi connectivity index (χ0) is 24.4. The first-order chi connectivity index (χ1) is 17.0. The van der Waals surface area contributed by atoms with Crippen molar-refractivity contribution in [3.8, 4) is 22.5 Å². The first-order valence-corrected chi connectivity index (χ1v) is 11.3. The minimum atomic E-state index is -2.69. The van der Waals surface area contributed by atoms with Crippen molar-refractivity contribution < 1.29 is 18.3 Å². The van der Waals surface area contributed by atoms with Crippen molar-refractivity contribution in [1.82, 2.24) is 24.8 Å². The van der Waals surface area contributed by atoms with E-state index in [1.807, 2.05) is 6.07 Å². The topological polar surface area (TPSA) is 96.0 Å². The molecule has 0 spiro atoms.